The minimum absolute atomic E-state index is 0.0385. The van der Waals surface area contributed by atoms with E-state index < -0.39 is 17.6 Å². The minimum atomic E-state index is -0.612. The third kappa shape index (κ3) is 5.78. The molecular formula is C32H40ClF2N3O2. The van der Waals surface area contributed by atoms with Crippen molar-refractivity contribution in [1.29, 1.82) is 0 Å². The SMILES string of the molecule is C[C@H](C(=O)N1CCC1)c1cc(Cl)ccc1C1CCN(C(=O)C2CN(C(C)(C)C)C[C@H]2c2ccc(F)cc2F)CC1. The Hall–Kier alpha value is -2.51. The van der Waals surface area contributed by atoms with Crippen LogP contribution in [-0.4, -0.2) is 71.3 Å². The molecule has 3 saturated heterocycles. The molecule has 0 bridgehead atoms. The van der Waals surface area contributed by atoms with Crippen LogP contribution in [0.25, 0.3) is 0 Å². The Labute approximate surface area is 241 Å². The van der Waals surface area contributed by atoms with E-state index in [4.69, 9.17) is 11.6 Å². The molecule has 3 atom stereocenters. The molecule has 3 fully saturated rings. The second-order valence-electron chi connectivity index (χ2n) is 12.7. The fraction of sp³-hybridized carbons (Fsp3) is 0.562. The number of carbonyl (C=O) groups excluding carboxylic acids is 2. The van der Waals surface area contributed by atoms with Crippen molar-refractivity contribution in [2.75, 3.05) is 39.3 Å². The molecule has 0 N–H and O–H groups in total. The van der Waals surface area contributed by atoms with Crippen molar-refractivity contribution >= 4 is 23.4 Å². The molecule has 0 spiro atoms. The van der Waals surface area contributed by atoms with Gasteiger partial charge in [-0.05, 0) is 87.8 Å². The van der Waals surface area contributed by atoms with E-state index in [1.807, 2.05) is 34.9 Å². The topological polar surface area (TPSA) is 43.9 Å². The number of halogens is 3. The summed E-state index contributed by atoms with van der Waals surface area (Å²) in [6, 6.07) is 9.56. The summed E-state index contributed by atoms with van der Waals surface area (Å²) in [5, 5.41) is 0.623. The van der Waals surface area contributed by atoms with Crippen LogP contribution in [0.15, 0.2) is 36.4 Å². The van der Waals surface area contributed by atoms with Gasteiger partial charge in [0.1, 0.15) is 11.6 Å². The molecule has 2 aromatic carbocycles. The maximum Gasteiger partial charge on any atom is 0.229 e. The van der Waals surface area contributed by atoms with Crippen molar-refractivity contribution in [3.05, 3.63) is 69.7 Å². The lowest BCUT2D eigenvalue weighted by atomic mass is 9.81. The van der Waals surface area contributed by atoms with Gasteiger partial charge in [0.2, 0.25) is 11.8 Å². The van der Waals surface area contributed by atoms with Crippen molar-refractivity contribution in [1.82, 2.24) is 14.7 Å². The van der Waals surface area contributed by atoms with E-state index in [9.17, 15) is 18.4 Å². The fourth-order valence-electron chi connectivity index (χ4n) is 6.60. The first kappa shape index (κ1) is 29.0. The summed E-state index contributed by atoms with van der Waals surface area (Å²) in [7, 11) is 0. The number of hydrogen-bond acceptors (Lipinski definition) is 3. The van der Waals surface area contributed by atoms with Crippen LogP contribution in [0.5, 0.6) is 0 Å². The maximum atomic E-state index is 14.9. The lowest BCUT2D eigenvalue weighted by Gasteiger charge is -2.37. The Morgan fingerprint density at radius 2 is 1.60 bits per heavy atom. The van der Waals surface area contributed by atoms with Crippen LogP contribution in [0, 0.1) is 17.6 Å². The number of hydrogen-bond donors (Lipinski definition) is 0. The average molecular weight is 572 g/mol. The first-order valence-corrected chi connectivity index (χ1v) is 14.9. The number of piperidine rings is 1. The van der Waals surface area contributed by atoms with E-state index in [0.717, 1.165) is 49.5 Å². The molecule has 5 rings (SSSR count). The van der Waals surface area contributed by atoms with Gasteiger partial charge in [-0.3, -0.25) is 14.5 Å². The van der Waals surface area contributed by atoms with Crippen molar-refractivity contribution in [3.63, 3.8) is 0 Å². The number of likely N-dealkylation sites (tertiary alicyclic amines) is 3. The van der Waals surface area contributed by atoms with Gasteiger partial charge in [-0.2, -0.15) is 0 Å². The van der Waals surface area contributed by atoms with Gasteiger partial charge in [-0.1, -0.05) is 23.7 Å². The summed E-state index contributed by atoms with van der Waals surface area (Å²) < 4.78 is 28.6. The van der Waals surface area contributed by atoms with E-state index in [0.29, 0.717) is 36.8 Å². The fourth-order valence-corrected chi connectivity index (χ4v) is 6.78. The Bertz CT molecular complexity index is 1270. The van der Waals surface area contributed by atoms with Crippen LogP contribution in [0.1, 0.15) is 81.4 Å². The monoisotopic (exact) mass is 571 g/mol. The summed E-state index contributed by atoms with van der Waals surface area (Å²) in [6.45, 7) is 12.2. The number of nitrogens with zero attached hydrogens (tertiary/aromatic N) is 3. The van der Waals surface area contributed by atoms with Gasteiger partial charge in [-0.25, -0.2) is 8.78 Å². The number of rotatable bonds is 5. The molecule has 2 aromatic rings. The molecular weight excluding hydrogens is 532 g/mol. The third-order valence-corrected chi connectivity index (χ3v) is 9.48. The first-order valence-electron chi connectivity index (χ1n) is 14.5. The van der Waals surface area contributed by atoms with Crippen LogP contribution < -0.4 is 0 Å². The second kappa shape index (κ2) is 11.4. The van der Waals surface area contributed by atoms with E-state index in [1.165, 1.54) is 12.1 Å². The molecule has 0 radical (unpaired) electrons. The van der Waals surface area contributed by atoms with Crippen LogP contribution in [0.2, 0.25) is 5.02 Å². The maximum absolute atomic E-state index is 14.9. The van der Waals surface area contributed by atoms with Crippen LogP contribution in [0.3, 0.4) is 0 Å². The molecule has 3 aliphatic heterocycles. The van der Waals surface area contributed by atoms with Gasteiger partial charge in [-0.15, -0.1) is 0 Å². The molecule has 0 aliphatic carbocycles. The molecule has 5 nitrogen and oxygen atoms in total. The summed E-state index contributed by atoms with van der Waals surface area (Å²) in [4.78, 5) is 33.0. The summed E-state index contributed by atoms with van der Waals surface area (Å²) in [5.74, 6) is -1.78. The smallest absolute Gasteiger partial charge is 0.229 e. The highest BCUT2D eigenvalue weighted by Crippen LogP contribution is 2.41. The highest BCUT2D eigenvalue weighted by molar-refractivity contribution is 6.30. The van der Waals surface area contributed by atoms with Gasteiger partial charge in [0.25, 0.3) is 0 Å². The molecule has 2 amide bonds. The molecule has 1 unspecified atom stereocenters. The summed E-state index contributed by atoms with van der Waals surface area (Å²) in [5.41, 5.74) is 2.36. The highest BCUT2D eigenvalue weighted by Gasteiger charge is 2.45. The standard InChI is InChI=1S/C32H40ClF2N3O2/c1-20(30(39)36-12-5-13-36)26-16-22(33)6-8-24(26)21-10-14-37(15-11-21)31(40)28-19-38(32(2,3)4)18-27(28)25-9-7-23(34)17-29(25)35/h6-9,16-17,20-21,27-28H,5,10-15,18-19H2,1-4H3/t20-,27-,28?/m0/s1. The normalized spacial score (nSPS) is 23.3. The van der Waals surface area contributed by atoms with Gasteiger partial charge in [0.15, 0.2) is 0 Å². The van der Waals surface area contributed by atoms with Crippen molar-refractivity contribution < 1.29 is 18.4 Å². The van der Waals surface area contributed by atoms with Gasteiger partial charge >= 0.3 is 0 Å². The Balaban J connectivity index is 1.32. The van der Waals surface area contributed by atoms with Gasteiger partial charge in [0.05, 0.1) is 11.8 Å². The summed E-state index contributed by atoms with van der Waals surface area (Å²) in [6.07, 6.45) is 2.63. The lowest BCUT2D eigenvalue weighted by Crippen LogP contribution is -2.45. The number of benzene rings is 2. The molecule has 8 heteroatoms. The molecule has 3 aliphatic rings. The number of carbonyl (C=O) groups is 2. The number of amides is 2. The van der Waals surface area contributed by atoms with Crippen molar-refractivity contribution in [3.8, 4) is 0 Å². The molecule has 40 heavy (non-hydrogen) atoms. The zero-order chi connectivity index (χ0) is 28.8. The Morgan fingerprint density at radius 1 is 0.925 bits per heavy atom. The van der Waals surface area contributed by atoms with Gasteiger partial charge in [0, 0.05) is 61.8 Å². The molecule has 3 heterocycles. The molecule has 0 saturated carbocycles. The quantitative estimate of drug-likeness (QED) is 0.431. The van der Waals surface area contributed by atoms with E-state index in [1.54, 1.807) is 0 Å². The zero-order valence-corrected chi connectivity index (χ0v) is 24.7. The largest absolute Gasteiger partial charge is 0.342 e. The Kier molecular flexibility index (Phi) is 8.27. The van der Waals surface area contributed by atoms with E-state index in [2.05, 4.69) is 25.7 Å². The third-order valence-electron chi connectivity index (χ3n) is 9.25. The second-order valence-corrected chi connectivity index (χ2v) is 13.2. The van der Waals surface area contributed by atoms with E-state index in [-0.39, 0.29) is 35.1 Å². The molecule has 216 valence electrons. The average Bonchev–Trinajstić information content (AvgIpc) is 3.33. The van der Waals surface area contributed by atoms with Crippen molar-refractivity contribution in [2.24, 2.45) is 5.92 Å². The van der Waals surface area contributed by atoms with Crippen LogP contribution in [0.4, 0.5) is 8.78 Å². The van der Waals surface area contributed by atoms with Crippen molar-refractivity contribution in [2.45, 2.75) is 70.3 Å². The van der Waals surface area contributed by atoms with Crippen LogP contribution in [-0.2, 0) is 9.59 Å². The summed E-state index contributed by atoms with van der Waals surface area (Å²) >= 11 is 6.37. The van der Waals surface area contributed by atoms with E-state index >= 15 is 0 Å². The lowest BCUT2D eigenvalue weighted by molar-refractivity contribution is -0.137. The van der Waals surface area contributed by atoms with Crippen LogP contribution >= 0.6 is 11.6 Å². The first-order chi connectivity index (χ1) is 18.9. The predicted molar refractivity (Wildman–Crippen MR) is 154 cm³/mol. The zero-order valence-electron chi connectivity index (χ0n) is 23.9. The van der Waals surface area contributed by atoms with Gasteiger partial charge < -0.3 is 9.80 Å². The minimum Gasteiger partial charge on any atom is -0.342 e. The highest BCUT2D eigenvalue weighted by atomic mass is 35.5. The molecule has 0 aromatic heterocycles. The predicted octanol–water partition coefficient (Wildman–Crippen LogP) is 6.17. The Morgan fingerprint density at radius 3 is 2.20 bits per heavy atom.